The number of pyridine rings is 1. The van der Waals surface area contributed by atoms with E-state index in [0.29, 0.717) is 0 Å². The second-order valence-electron chi connectivity index (χ2n) is 4.91. The molecule has 0 unspecified atom stereocenters. The first-order valence-corrected chi connectivity index (χ1v) is 8.76. The Morgan fingerprint density at radius 1 is 0.682 bits per heavy atom. The molecule has 2 aromatic carbocycles. The van der Waals surface area contributed by atoms with Crippen molar-refractivity contribution >= 4 is 53.1 Å². The van der Waals surface area contributed by atoms with E-state index < -0.39 is 0 Å². The summed E-state index contributed by atoms with van der Waals surface area (Å²) in [5.74, 6) is 0. The van der Waals surface area contributed by atoms with Crippen molar-refractivity contribution in [2.75, 3.05) is 0 Å². The molecular formula is C19H13NS2. The zero-order valence-electron chi connectivity index (χ0n) is 11.8. The summed E-state index contributed by atoms with van der Waals surface area (Å²) in [5.41, 5.74) is 1.13. The summed E-state index contributed by atoms with van der Waals surface area (Å²) in [5, 5.41) is 4.73. The Morgan fingerprint density at radius 3 is 2.36 bits per heavy atom. The Hall–Kier alpha value is -2.23. The van der Waals surface area contributed by atoms with E-state index in [1.165, 1.54) is 24.9 Å². The van der Waals surface area contributed by atoms with Gasteiger partial charge in [0.2, 0.25) is 0 Å². The van der Waals surface area contributed by atoms with E-state index in [2.05, 4.69) is 71.0 Å². The molecule has 1 nitrogen and oxygen atoms in total. The molecule has 5 aromatic rings. The summed E-state index contributed by atoms with van der Waals surface area (Å²) >= 11 is 3.59. The van der Waals surface area contributed by atoms with Crippen LogP contribution in [0.2, 0.25) is 0 Å². The molecular weight excluding hydrogens is 306 g/mol. The Labute approximate surface area is 136 Å². The molecule has 0 spiro atoms. The first-order chi connectivity index (χ1) is 10.9. The molecule has 5 rings (SSSR count). The van der Waals surface area contributed by atoms with Crippen LogP contribution in [-0.2, 0) is 0 Å². The minimum Gasteiger partial charge on any atom is -0.255 e. The molecule has 0 atom stereocenters. The van der Waals surface area contributed by atoms with E-state index in [1.807, 2.05) is 12.3 Å². The van der Waals surface area contributed by atoms with Gasteiger partial charge >= 0.3 is 0 Å². The van der Waals surface area contributed by atoms with Crippen LogP contribution in [0, 0.1) is 0 Å². The lowest BCUT2D eigenvalue weighted by Gasteiger charge is -1.87. The van der Waals surface area contributed by atoms with Crippen LogP contribution in [0.15, 0.2) is 78.3 Å². The summed E-state index contributed by atoms with van der Waals surface area (Å²) in [6, 6.07) is 23.0. The van der Waals surface area contributed by atoms with E-state index >= 15 is 0 Å². The van der Waals surface area contributed by atoms with Crippen molar-refractivity contribution in [3.8, 4) is 0 Å². The van der Waals surface area contributed by atoms with Gasteiger partial charge in [-0.25, -0.2) is 0 Å². The number of benzene rings is 2. The third-order valence-corrected chi connectivity index (χ3v) is 5.52. The lowest BCUT2D eigenvalue weighted by atomic mass is 10.2. The predicted octanol–water partition coefficient (Wildman–Crippen LogP) is 6.35. The molecule has 106 valence electrons. The average Bonchev–Trinajstić information content (AvgIpc) is 3.19. The number of nitrogens with zero attached hydrogens (tertiary/aromatic N) is 1. The molecule has 0 amide bonds. The molecule has 0 bridgehead atoms. The molecule has 0 N–H and O–H groups in total. The molecule has 3 heterocycles. The monoisotopic (exact) mass is 319 g/mol. The quantitative estimate of drug-likeness (QED) is 0.324. The van der Waals surface area contributed by atoms with Crippen molar-refractivity contribution in [3.05, 3.63) is 78.3 Å². The van der Waals surface area contributed by atoms with Crippen LogP contribution in [0.4, 0.5) is 0 Å². The lowest BCUT2D eigenvalue weighted by Crippen LogP contribution is -1.69. The molecule has 0 aliphatic carbocycles. The number of rotatable bonds is 0. The number of hydrogen-bond acceptors (Lipinski definition) is 3. The van der Waals surface area contributed by atoms with E-state index in [0.717, 1.165) is 5.52 Å². The molecule has 0 saturated carbocycles. The Bertz CT molecular complexity index is 962. The van der Waals surface area contributed by atoms with Gasteiger partial charge in [0.25, 0.3) is 0 Å². The van der Waals surface area contributed by atoms with Gasteiger partial charge in [-0.1, -0.05) is 36.4 Å². The topological polar surface area (TPSA) is 12.9 Å². The normalized spacial score (nSPS) is 10.7. The van der Waals surface area contributed by atoms with Gasteiger partial charge in [0.05, 0.1) is 10.2 Å². The molecule has 0 aliphatic heterocycles. The minimum atomic E-state index is 1.13. The Morgan fingerprint density at radius 2 is 1.45 bits per heavy atom. The van der Waals surface area contributed by atoms with Crippen molar-refractivity contribution in [2.24, 2.45) is 0 Å². The number of aromatic nitrogens is 1. The van der Waals surface area contributed by atoms with Gasteiger partial charge in [-0.15, -0.1) is 22.7 Å². The smallest absolute Gasteiger partial charge is 0.0888 e. The van der Waals surface area contributed by atoms with Crippen molar-refractivity contribution in [1.82, 2.24) is 4.98 Å². The van der Waals surface area contributed by atoms with E-state index in [-0.39, 0.29) is 0 Å². The van der Waals surface area contributed by atoms with Gasteiger partial charge in [-0.3, -0.25) is 4.98 Å². The van der Waals surface area contributed by atoms with E-state index in [4.69, 9.17) is 0 Å². The SMILES string of the molecule is c1ccc2c(c1)sc1cccnc12.c1ccc2sccc2c1. The van der Waals surface area contributed by atoms with Gasteiger partial charge < -0.3 is 0 Å². The van der Waals surface area contributed by atoms with Crippen LogP contribution in [0.25, 0.3) is 30.4 Å². The van der Waals surface area contributed by atoms with Crippen molar-refractivity contribution in [1.29, 1.82) is 0 Å². The summed E-state index contributed by atoms with van der Waals surface area (Å²) in [6.45, 7) is 0. The first kappa shape index (κ1) is 13.4. The van der Waals surface area contributed by atoms with Crippen LogP contribution in [0.5, 0.6) is 0 Å². The standard InChI is InChI=1S/C11H7NS.C8H6S/c1-2-5-9-8(4-1)11-10(13-9)6-3-7-12-11;1-2-4-8-7(3-1)5-6-9-8/h1-7H;1-6H. The molecule has 0 aliphatic rings. The summed E-state index contributed by atoms with van der Waals surface area (Å²) in [6.07, 6.45) is 1.85. The van der Waals surface area contributed by atoms with Gasteiger partial charge in [-0.2, -0.15) is 0 Å². The van der Waals surface area contributed by atoms with Crippen LogP contribution in [0.3, 0.4) is 0 Å². The van der Waals surface area contributed by atoms with Crippen molar-refractivity contribution in [2.45, 2.75) is 0 Å². The lowest BCUT2D eigenvalue weighted by molar-refractivity contribution is 1.44. The van der Waals surface area contributed by atoms with Gasteiger partial charge in [0.15, 0.2) is 0 Å². The first-order valence-electron chi connectivity index (χ1n) is 7.06. The number of fused-ring (bicyclic) bond motifs is 4. The molecule has 0 fully saturated rings. The van der Waals surface area contributed by atoms with E-state index in [9.17, 15) is 0 Å². The average molecular weight is 319 g/mol. The van der Waals surface area contributed by atoms with Crippen molar-refractivity contribution in [3.63, 3.8) is 0 Å². The summed E-state index contributed by atoms with van der Waals surface area (Å²) in [7, 11) is 0. The van der Waals surface area contributed by atoms with Crippen LogP contribution >= 0.6 is 22.7 Å². The number of thiophene rings is 2. The third kappa shape index (κ3) is 2.49. The third-order valence-electron chi connectivity index (χ3n) is 3.49. The second-order valence-corrected chi connectivity index (χ2v) is 6.94. The second kappa shape index (κ2) is 5.87. The Kier molecular flexibility index (Phi) is 3.59. The van der Waals surface area contributed by atoms with Gasteiger partial charge in [0.1, 0.15) is 0 Å². The molecule has 3 heteroatoms. The van der Waals surface area contributed by atoms with Crippen LogP contribution in [-0.4, -0.2) is 4.98 Å². The van der Waals surface area contributed by atoms with Crippen LogP contribution in [0.1, 0.15) is 0 Å². The molecule has 3 aromatic heterocycles. The highest BCUT2D eigenvalue weighted by atomic mass is 32.1. The fraction of sp³-hybridized carbons (Fsp3) is 0. The number of hydrogen-bond donors (Lipinski definition) is 0. The summed E-state index contributed by atoms with van der Waals surface area (Å²) in [4.78, 5) is 4.38. The largest absolute Gasteiger partial charge is 0.255 e. The van der Waals surface area contributed by atoms with E-state index in [1.54, 1.807) is 22.7 Å². The molecule has 0 radical (unpaired) electrons. The maximum atomic E-state index is 4.38. The fourth-order valence-corrected chi connectivity index (χ4v) is 4.31. The maximum Gasteiger partial charge on any atom is 0.0888 e. The highest BCUT2D eigenvalue weighted by Gasteiger charge is 2.02. The molecule has 0 saturated heterocycles. The minimum absolute atomic E-state index is 1.13. The summed E-state index contributed by atoms with van der Waals surface area (Å²) < 4.78 is 3.96. The highest BCUT2D eigenvalue weighted by Crippen LogP contribution is 2.31. The van der Waals surface area contributed by atoms with Crippen LogP contribution < -0.4 is 0 Å². The van der Waals surface area contributed by atoms with Crippen molar-refractivity contribution < 1.29 is 0 Å². The van der Waals surface area contributed by atoms with Gasteiger partial charge in [-0.05, 0) is 41.1 Å². The fourth-order valence-electron chi connectivity index (χ4n) is 2.45. The zero-order valence-corrected chi connectivity index (χ0v) is 13.4. The Balaban J connectivity index is 0.000000122. The highest BCUT2D eigenvalue weighted by molar-refractivity contribution is 7.25. The predicted molar refractivity (Wildman–Crippen MR) is 99.0 cm³/mol. The zero-order chi connectivity index (χ0) is 14.8. The maximum absolute atomic E-state index is 4.38. The van der Waals surface area contributed by atoms with Gasteiger partial charge in [0, 0.05) is 21.0 Å². The molecule has 22 heavy (non-hydrogen) atoms.